The molecule has 2 fully saturated rings. The molecule has 2 heterocycles. The van der Waals surface area contributed by atoms with Crippen molar-refractivity contribution >= 4 is 21.9 Å². The molecule has 4 heteroatoms. The second-order valence-electron chi connectivity index (χ2n) is 20.8. The highest BCUT2D eigenvalue weighted by Crippen LogP contribution is 2.54. The highest BCUT2D eigenvalue weighted by atomic mass is 16.3. The minimum atomic E-state index is 0.232. The Labute approximate surface area is 422 Å². The lowest BCUT2D eigenvalue weighted by Gasteiger charge is -2.50. The van der Waals surface area contributed by atoms with Crippen LogP contribution in [0, 0.1) is 17.8 Å². The van der Waals surface area contributed by atoms with Crippen LogP contribution in [0.25, 0.3) is 112 Å². The van der Waals surface area contributed by atoms with Gasteiger partial charge in [-0.15, -0.1) is 0 Å². The molecule has 9 aromatic carbocycles. The van der Waals surface area contributed by atoms with Crippen LogP contribution in [-0.4, -0.2) is 15.0 Å². The van der Waals surface area contributed by atoms with Crippen molar-refractivity contribution in [3.8, 4) is 89.8 Å². The third kappa shape index (κ3) is 8.21. The molecule has 2 bridgehead atoms. The molecule has 0 aliphatic heterocycles. The number of nitrogens with zero attached hydrogens (tertiary/aromatic N) is 3. The van der Waals surface area contributed by atoms with Crippen molar-refractivity contribution in [2.45, 2.75) is 51.4 Å². The highest BCUT2D eigenvalue weighted by molar-refractivity contribution is 6.14. The second kappa shape index (κ2) is 18.2. The largest absolute Gasteiger partial charge is 0.455 e. The van der Waals surface area contributed by atoms with Crippen molar-refractivity contribution < 1.29 is 4.42 Å². The van der Waals surface area contributed by atoms with E-state index in [4.69, 9.17) is 19.4 Å². The molecule has 2 saturated carbocycles. The highest BCUT2D eigenvalue weighted by Gasteiger charge is 2.45. The van der Waals surface area contributed by atoms with Gasteiger partial charge in [-0.05, 0) is 117 Å². The molecule has 2 atom stereocenters. The number of benzene rings is 9. The Morgan fingerprint density at radius 2 is 0.750 bits per heavy atom. The third-order valence-corrected chi connectivity index (χ3v) is 15.7. The van der Waals surface area contributed by atoms with E-state index < -0.39 is 0 Å². The van der Waals surface area contributed by atoms with Gasteiger partial charge >= 0.3 is 0 Å². The lowest BCUT2D eigenvalue weighted by Crippen LogP contribution is -2.42. The summed E-state index contributed by atoms with van der Waals surface area (Å²) in [6.45, 7) is 4.94. The maximum absolute atomic E-state index is 7.20. The van der Waals surface area contributed by atoms with E-state index in [1.807, 2.05) is 12.1 Å². The Morgan fingerprint density at radius 3 is 1.25 bits per heavy atom. The Balaban J connectivity index is 0.979. The summed E-state index contributed by atoms with van der Waals surface area (Å²) in [7, 11) is 0. The summed E-state index contributed by atoms with van der Waals surface area (Å²) in [5.41, 5.74) is 17.5. The van der Waals surface area contributed by atoms with Gasteiger partial charge in [-0.2, -0.15) is 0 Å². The molecule has 72 heavy (non-hydrogen) atoms. The number of aromatic nitrogens is 3. The molecule has 0 spiro atoms. The van der Waals surface area contributed by atoms with Crippen LogP contribution in [-0.2, 0) is 5.41 Å². The molecule has 11 aromatic rings. The zero-order chi connectivity index (χ0) is 48.2. The van der Waals surface area contributed by atoms with E-state index in [2.05, 4.69) is 220 Å². The number of fused-ring (bicyclic) bond motifs is 5. The zero-order valence-corrected chi connectivity index (χ0v) is 40.8. The molecule has 348 valence electrons. The summed E-state index contributed by atoms with van der Waals surface area (Å²) < 4.78 is 7.20. The summed E-state index contributed by atoms with van der Waals surface area (Å²) >= 11 is 0. The topological polar surface area (TPSA) is 51.8 Å². The SMILES string of the molecule is CC1CC2CC(C)CC(c3ccc(-c4cc(-c5nc(-c6ccc(-c7ccccc7)cc6)nc(-c6ccc(-c7ccccc7)cc6)n5)cc5c4oc4c(-c6ccc(-c7ccccc7)cc6)cccc45)cc3)(C1)C2. The zero-order valence-electron chi connectivity index (χ0n) is 40.8. The summed E-state index contributed by atoms with van der Waals surface area (Å²) in [5, 5.41) is 2.07. The van der Waals surface area contributed by atoms with Crippen LogP contribution in [0.5, 0.6) is 0 Å². The molecule has 13 rings (SSSR count). The average Bonchev–Trinajstić information content (AvgIpc) is 3.82. The second-order valence-corrected chi connectivity index (χ2v) is 20.8. The lowest BCUT2D eigenvalue weighted by atomic mass is 9.54. The first-order valence-corrected chi connectivity index (χ1v) is 25.7. The molecule has 4 nitrogen and oxygen atoms in total. The van der Waals surface area contributed by atoms with Crippen LogP contribution in [0.3, 0.4) is 0 Å². The van der Waals surface area contributed by atoms with Gasteiger partial charge in [0, 0.05) is 38.6 Å². The summed E-state index contributed by atoms with van der Waals surface area (Å²) in [4.78, 5) is 15.9. The Morgan fingerprint density at radius 1 is 0.347 bits per heavy atom. The quantitative estimate of drug-likeness (QED) is 0.145. The van der Waals surface area contributed by atoms with Gasteiger partial charge in [-0.25, -0.2) is 15.0 Å². The van der Waals surface area contributed by atoms with E-state index in [0.29, 0.717) is 17.5 Å². The normalized spacial score (nSPS) is 18.6. The average molecular weight is 930 g/mol. The van der Waals surface area contributed by atoms with Crippen molar-refractivity contribution in [2.75, 3.05) is 0 Å². The molecule has 2 unspecified atom stereocenters. The Bertz CT molecular complexity index is 3590. The fraction of sp³-hybridized carbons (Fsp3) is 0.162. The molecular formula is C68H55N3O. The van der Waals surface area contributed by atoms with Crippen molar-refractivity contribution in [3.05, 3.63) is 224 Å². The summed E-state index contributed by atoms with van der Waals surface area (Å²) in [5.74, 6) is 4.13. The van der Waals surface area contributed by atoms with E-state index in [0.717, 1.165) is 89.8 Å². The molecule has 0 radical (unpaired) electrons. The van der Waals surface area contributed by atoms with Crippen LogP contribution in [0.15, 0.2) is 223 Å². The van der Waals surface area contributed by atoms with Crippen LogP contribution >= 0.6 is 0 Å². The molecule has 2 aromatic heterocycles. The fourth-order valence-corrected chi connectivity index (χ4v) is 12.7. The predicted octanol–water partition coefficient (Wildman–Crippen LogP) is 18.2. The lowest BCUT2D eigenvalue weighted by molar-refractivity contribution is 0.0780. The maximum Gasteiger partial charge on any atom is 0.164 e. The van der Waals surface area contributed by atoms with Gasteiger partial charge in [0.05, 0.1) is 0 Å². The molecule has 2 aliphatic rings. The van der Waals surface area contributed by atoms with E-state index in [-0.39, 0.29) is 5.41 Å². The van der Waals surface area contributed by atoms with E-state index in [1.54, 1.807) is 0 Å². The maximum atomic E-state index is 7.20. The van der Waals surface area contributed by atoms with Gasteiger partial charge < -0.3 is 4.42 Å². The van der Waals surface area contributed by atoms with E-state index in [9.17, 15) is 0 Å². The van der Waals surface area contributed by atoms with E-state index in [1.165, 1.54) is 59.9 Å². The van der Waals surface area contributed by atoms with Crippen molar-refractivity contribution in [1.29, 1.82) is 0 Å². The van der Waals surface area contributed by atoms with Gasteiger partial charge in [0.2, 0.25) is 0 Å². The molecule has 2 aliphatic carbocycles. The minimum Gasteiger partial charge on any atom is -0.455 e. The smallest absolute Gasteiger partial charge is 0.164 e. The third-order valence-electron chi connectivity index (χ3n) is 15.7. The molecule has 0 saturated heterocycles. The first kappa shape index (κ1) is 43.8. The number of hydrogen-bond acceptors (Lipinski definition) is 4. The van der Waals surface area contributed by atoms with Crippen molar-refractivity contribution in [3.63, 3.8) is 0 Å². The Kier molecular flexibility index (Phi) is 11.1. The molecular weight excluding hydrogens is 875 g/mol. The van der Waals surface area contributed by atoms with Gasteiger partial charge in [0.15, 0.2) is 17.5 Å². The van der Waals surface area contributed by atoms with Crippen molar-refractivity contribution in [2.24, 2.45) is 17.8 Å². The first-order chi connectivity index (χ1) is 35.4. The monoisotopic (exact) mass is 929 g/mol. The summed E-state index contributed by atoms with van der Waals surface area (Å²) in [6, 6.07) is 78.0. The number of furan rings is 1. The summed E-state index contributed by atoms with van der Waals surface area (Å²) in [6.07, 6.45) is 6.55. The van der Waals surface area contributed by atoms with Gasteiger partial charge in [-0.1, -0.05) is 220 Å². The first-order valence-electron chi connectivity index (χ1n) is 25.7. The van der Waals surface area contributed by atoms with Crippen LogP contribution in [0.2, 0.25) is 0 Å². The van der Waals surface area contributed by atoms with Gasteiger partial charge in [-0.3, -0.25) is 0 Å². The van der Waals surface area contributed by atoms with Crippen LogP contribution in [0.4, 0.5) is 0 Å². The number of hydrogen-bond donors (Lipinski definition) is 0. The minimum absolute atomic E-state index is 0.232. The number of para-hydroxylation sites is 1. The number of rotatable bonds is 9. The van der Waals surface area contributed by atoms with Crippen LogP contribution < -0.4 is 0 Å². The van der Waals surface area contributed by atoms with Gasteiger partial charge in [0.25, 0.3) is 0 Å². The predicted molar refractivity (Wildman–Crippen MR) is 297 cm³/mol. The fourth-order valence-electron chi connectivity index (χ4n) is 12.7. The van der Waals surface area contributed by atoms with E-state index >= 15 is 0 Å². The standard InChI is InChI=1S/C68H55N3O/c1-44-37-46-38-45(2)42-68(41-44,43-46)58-35-33-54(34-36-58)61-39-57(40-62-60-20-12-19-59(63(60)72-64(61)62)53-27-21-50(22-28-53)47-13-6-3-7-14-47)67-70-65(55-29-23-51(24-30-55)48-15-8-4-9-16-48)69-66(71-67)56-31-25-52(26-32-56)49-17-10-5-11-18-49/h3-36,39-40,44-46H,37-38,41-43H2,1-2H3. The van der Waals surface area contributed by atoms with Crippen molar-refractivity contribution in [1.82, 2.24) is 15.0 Å². The van der Waals surface area contributed by atoms with Gasteiger partial charge in [0.1, 0.15) is 11.2 Å². The molecule has 0 amide bonds. The Hall–Kier alpha value is -8.21. The molecule has 0 N–H and O–H groups in total. The van der Waals surface area contributed by atoms with Crippen LogP contribution in [0.1, 0.15) is 51.5 Å².